The van der Waals surface area contributed by atoms with Crippen LogP contribution in [0.3, 0.4) is 0 Å². The molecule has 0 aliphatic rings. The van der Waals surface area contributed by atoms with Crippen LogP contribution in [0.2, 0.25) is 0 Å². The molecule has 0 bridgehead atoms. The van der Waals surface area contributed by atoms with Crippen LogP contribution in [0.25, 0.3) is 11.1 Å². The van der Waals surface area contributed by atoms with E-state index in [1.165, 1.54) is 0 Å². The average Bonchev–Trinajstić information content (AvgIpc) is 2.81. The molecule has 0 aliphatic heterocycles. The van der Waals surface area contributed by atoms with Crippen molar-refractivity contribution in [1.82, 2.24) is 0 Å². The second-order valence-electron chi connectivity index (χ2n) is 6.98. The molecule has 3 nitrogen and oxygen atoms in total. The van der Waals surface area contributed by atoms with Gasteiger partial charge in [0.2, 0.25) is 0 Å². The number of carbonyl (C=O) groups is 1. The van der Waals surface area contributed by atoms with Gasteiger partial charge in [-0.05, 0) is 47.5 Å². The summed E-state index contributed by atoms with van der Waals surface area (Å²) in [7, 11) is 0. The van der Waals surface area contributed by atoms with Gasteiger partial charge in [0, 0.05) is 24.2 Å². The van der Waals surface area contributed by atoms with Gasteiger partial charge in [-0.3, -0.25) is 4.79 Å². The van der Waals surface area contributed by atoms with Crippen LogP contribution < -0.4 is 10.1 Å². The van der Waals surface area contributed by atoms with Crippen molar-refractivity contribution in [2.24, 2.45) is 0 Å². The van der Waals surface area contributed by atoms with Crippen molar-refractivity contribution < 1.29 is 9.53 Å². The maximum Gasteiger partial charge on any atom is 0.164 e. The summed E-state index contributed by atoms with van der Waals surface area (Å²) in [6, 6.07) is 35.4. The number of Topliss-reactive ketones (excluding diaryl/α,β-unsaturated/α-hetero) is 1. The van der Waals surface area contributed by atoms with E-state index in [0.29, 0.717) is 13.0 Å². The highest BCUT2D eigenvalue weighted by Crippen LogP contribution is 2.23. The third kappa shape index (κ3) is 5.15. The minimum Gasteiger partial charge on any atom is -0.457 e. The van der Waals surface area contributed by atoms with Gasteiger partial charge in [-0.15, -0.1) is 0 Å². The summed E-state index contributed by atoms with van der Waals surface area (Å²) in [5.74, 6) is 1.72. The number of ether oxygens (including phenoxy) is 1. The molecule has 0 spiro atoms. The Morgan fingerprint density at radius 1 is 0.633 bits per heavy atom. The van der Waals surface area contributed by atoms with E-state index in [0.717, 1.165) is 33.9 Å². The normalized spacial score (nSPS) is 10.4. The summed E-state index contributed by atoms with van der Waals surface area (Å²) in [6.45, 7) is 0.582. The zero-order valence-corrected chi connectivity index (χ0v) is 16.6. The molecule has 0 amide bonds. The van der Waals surface area contributed by atoms with Crippen molar-refractivity contribution in [3.63, 3.8) is 0 Å². The minimum atomic E-state index is 0.131. The van der Waals surface area contributed by atoms with E-state index >= 15 is 0 Å². The highest BCUT2D eigenvalue weighted by atomic mass is 16.5. The van der Waals surface area contributed by atoms with Crippen LogP contribution in [0, 0.1) is 0 Å². The first-order valence-corrected chi connectivity index (χ1v) is 10.0. The fourth-order valence-corrected chi connectivity index (χ4v) is 3.21. The largest absolute Gasteiger partial charge is 0.457 e. The first kappa shape index (κ1) is 19.5. The van der Waals surface area contributed by atoms with Crippen LogP contribution in [-0.2, 0) is 0 Å². The van der Waals surface area contributed by atoms with Gasteiger partial charge >= 0.3 is 0 Å². The third-order valence-electron chi connectivity index (χ3n) is 4.83. The lowest BCUT2D eigenvalue weighted by molar-refractivity contribution is 0.0986. The molecule has 4 rings (SSSR count). The Hall–Kier alpha value is -3.85. The van der Waals surface area contributed by atoms with E-state index in [1.807, 2.05) is 97.1 Å². The molecule has 0 saturated carbocycles. The Labute approximate surface area is 177 Å². The summed E-state index contributed by atoms with van der Waals surface area (Å²) in [6.07, 6.45) is 0.437. The van der Waals surface area contributed by atoms with Gasteiger partial charge in [-0.1, -0.05) is 72.8 Å². The Balaban J connectivity index is 1.27. The number of para-hydroxylation sites is 1. The zero-order valence-electron chi connectivity index (χ0n) is 16.6. The molecule has 148 valence electrons. The number of nitrogens with one attached hydrogen (secondary N) is 1. The van der Waals surface area contributed by atoms with Crippen molar-refractivity contribution in [1.29, 1.82) is 0 Å². The fourth-order valence-electron chi connectivity index (χ4n) is 3.21. The molecular formula is C27H23NO2. The molecule has 0 atom stereocenters. The van der Waals surface area contributed by atoms with Crippen molar-refractivity contribution >= 4 is 11.5 Å². The molecule has 4 aromatic rings. The highest BCUT2D eigenvalue weighted by molar-refractivity contribution is 5.96. The molecule has 0 aromatic heterocycles. The van der Waals surface area contributed by atoms with Crippen molar-refractivity contribution in [2.75, 3.05) is 11.9 Å². The summed E-state index contributed by atoms with van der Waals surface area (Å²) in [5.41, 5.74) is 3.96. The quantitative estimate of drug-likeness (QED) is 0.333. The highest BCUT2D eigenvalue weighted by Gasteiger charge is 2.06. The van der Waals surface area contributed by atoms with E-state index in [-0.39, 0.29) is 5.78 Å². The van der Waals surface area contributed by atoms with Crippen LogP contribution >= 0.6 is 0 Å². The second kappa shape index (κ2) is 9.57. The van der Waals surface area contributed by atoms with Gasteiger partial charge in [0.25, 0.3) is 0 Å². The third-order valence-corrected chi connectivity index (χ3v) is 4.83. The fraction of sp³-hybridized carbons (Fsp3) is 0.0741. The van der Waals surface area contributed by atoms with Gasteiger partial charge in [0.15, 0.2) is 5.78 Å². The predicted octanol–water partition coefficient (Wildman–Crippen LogP) is 6.83. The molecule has 0 unspecified atom stereocenters. The second-order valence-corrected chi connectivity index (χ2v) is 6.98. The van der Waals surface area contributed by atoms with E-state index in [4.69, 9.17) is 4.74 Å². The standard InChI is InChI=1S/C27H23NO2/c29-27(23-13-11-22(12-14-23)21-7-3-1-4-8-21)19-20-28-24-15-17-26(18-16-24)30-25-9-5-2-6-10-25/h1-18,28H,19-20H2. The number of hydrogen-bond acceptors (Lipinski definition) is 3. The molecule has 1 N–H and O–H groups in total. The summed E-state index contributed by atoms with van der Waals surface area (Å²) in [4.78, 5) is 12.5. The predicted molar refractivity (Wildman–Crippen MR) is 122 cm³/mol. The molecule has 0 fully saturated rings. The van der Waals surface area contributed by atoms with Crippen LogP contribution in [0.4, 0.5) is 5.69 Å². The van der Waals surface area contributed by atoms with Crippen LogP contribution in [0.1, 0.15) is 16.8 Å². The molecule has 3 heteroatoms. The maximum absolute atomic E-state index is 12.5. The SMILES string of the molecule is O=C(CCNc1ccc(Oc2ccccc2)cc1)c1ccc(-c2ccccc2)cc1. The molecule has 0 saturated heterocycles. The molecule has 0 aliphatic carbocycles. The van der Waals surface area contributed by atoms with Crippen molar-refractivity contribution in [2.45, 2.75) is 6.42 Å². The Morgan fingerprint density at radius 2 is 1.20 bits per heavy atom. The number of benzene rings is 4. The van der Waals surface area contributed by atoms with Gasteiger partial charge in [0.05, 0.1) is 0 Å². The van der Waals surface area contributed by atoms with E-state index < -0.39 is 0 Å². The van der Waals surface area contributed by atoms with Crippen LogP contribution in [0.15, 0.2) is 109 Å². The smallest absolute Gasteiger partial charge is 0.164 e. The van der Waals surface area contributed by atoms with Crippen molar-refractivity contribution in [3.05, 3.63) is 115 Å². The molecule has 0 radical (unpaired) electrons. The molecular weight excluding hydrogens is 370 g/mol. The summed E-state index contributed by atoms with van der Waals surface area (Å²) in [5, 5.41) is 3.30. The number of ketones is 1. The number of rotatable bonds is 8. The summed E-state index contributed by atoms with van der Waals surface area (Å²) >= 11 is 0. The minimum absolute atomic E-state index is 0.131. The Morgan fingerprint density at radius 3 is 1.87 bits per heavy atom. The lowest BCUT2D eigenvalue weighted by Gasteiger charge is -2.09. The Bertz CT molecular complexity index is 1070. The van der Waals surface area contributed by atoms with Gasteiger partial charge in [-0.2, -0.15) is 0 Å². The van der Waals surface area contributed by atoms with Crippen molar-refractivity contribution in [3.8, 4) is 22.6 Å². The van der Waals surface area contributed by atoms with E-state index in [1.54, 1.807) is 0 Å². The van der Waals surface area contributed by atoms with Gasteiger partial charge < -0.3 is 10.1 Å². The average molecular weight is 393 g/mol. The maximum atomic E-state index is 12.5. The number of hydrogen-bond donors (Lipinski definition) is 1. The lowest BCUT2D eigenvalue weighted by Crippen LogP contribution is -2.08. The van der Waals surface area contributed by atoms with Crippen LogP contribution in [-0.4, -0.2) is 12.3 Å². The van der Waals surface area contributed by atoms with Gasteiger partial charge in [0.1, 0.15) is 11.5 Å². The Kier molecular flexibility index (Phi) is 6.21. The van der Waals surface area contributed by atoms with E-state index in [9.17, 15) is 4.79 Å². The van der Waals surface area contributed by atoms with E-state index in [2.05, 4.69) is 17.4 Å². The lowest BCUT2D eigenvalue weighted by atomic mass is 10.0. The van der Waals surface area contributed by atoms with Crippen LogP contribution in [0.5, 0.6) is 11.5 Å². The molecule has 4 aromatic carbocycles. The first-order valence-electron chi connectivity index (χ1n) is 10.0. The monoisotopic (exact) mass is 393 g/mol. The number of carbonyl (C=O) groups excluding carboxylic acids is 1. The summed E-state index contributed by atoms with van der Waals surface area (Å²) < 4.78 is 5.79. The van der Waals surface area contributed by atoms with Gasteiger partial charge in [-0.25, -0.2) is 0 Å². The number of anilines is 1. The first-order chi connectivity index (χ1) is 14.8. The molecule has 0 heterocycles. The molecule has 30 heavy (non-hydrogen) atoms. The topological polar surface area (TPSA) is 38.3 Å². The zero-order chi connectivity index (χ0) is 20.6.